The number of benzene rings is 1. The van der Waals surface area contributed by atoms with Gasteiger partial charge >= 0.3 is 6.18 Å². The Bertz CT molecular complexity index is 1030. The number of carbonyl (C=O) groups is 1. The number of aromatic nitrogens is 1. The Morgan fingerprint density at radius 2 is 1.86 bits per heavy atom. The van der Waals surface area contributed by atoms with Crippen LogP contribution in [0.5, 0.6) is 0 Å². The Balaban J connectivity index is 1.32. The monoisotopic (exact) mass is 507 g/mol. The molecule has 2 aliphatic rings. The minimum absolute atomic E-state index is 0.0477. The highest BCUT2D eigenvalue weighted by molar-refractivity contribution is 5.85. The Morgan fingerprint density at radius 1 is 1.17 bits per heavy atom. The Hall–Kier alpha value is -2.52. The summed E-state index contributed by atoms with van der Waals surface area (Å²) in [6.45, 7) is 6.07. The van der Waals surface area contributed by atoms with Crippen molar-refractivity contribution in [2.24, 2.45) is 5.92 Å². The zero-order valence-electron chi connectivity index (χ0n) is 20.7. The van der Waals surface area contributed by atoms with Gasteiger partial charge in [0.05, 0.1) is 12.2 Å². The average molecular weight is 508 g/mol. The fourth-order valence-electron chi connectivity index (χ4n) is 5.37. The third-order valence-electron chi connectivity index (χ3n) is 7.66. The van der Waals surface area contributed by atoms with E-state index in [1.54, 1.807) is 0 Å². The van der Waals surface area contributed by atoms with Gasteiger partial charge in [0.1, 0.15) is 11.4 Å². The first-order valence-electron chi connectivity index (χ1n) is 12.5. The molecule has 0 saturated carbocycles. The molecule has 2 saturated heterocycles. The highest BCUT2D eigenvalue weighted by Crippen LogP contribution is 2.36. The first kappa shape index (κ1) is 26.5. The van der Waals surface area contributed by atoms with Gasteiger partial charge in [0.2, 0.25) is 0 Å². The number of carbonyl (C=O) groups excluding carboxylic acids is 1. The number of pyridine rings is 1. The minimum atomic E-state index is -4.48. The second kappa shape index (κ2) is 10.8. The summed E-state index contributed by atoms with van der Waals surface area (Å²) in [4.78, 5) is 19.3. The molecule has 0 unspecified atom stereocenters. The number of nitrogens with one attached hydrogen (secondary N) is 1. The molecule has 4 rings (SSSR count). The van der Waals surface area contributed by atoms with Crippen LogP contribution in [0, 0.1) is 11.7 Å². The molecule has 0 radical (unpaired) electrons. The minimum Gasteiger partial charge on any atom is -0.363 e. The van der Waals surface area contributed by atoms with Crippen molar-refractivity contribution in [3.63, 3.8) is 0 Å². The van der Waals surface area contributed by atoms with Crippen molar-refractivity contribution < 1.29 is 27.1 Å². The van der Waals surface area contributed by atoms with Gasteiger partial charge in [-0.15, -0.1) is 0 Å². The van der Waals surface area contributed by atoms with Gasteiger partial charge < -0.3 is 10.1 Å². The summed E-state index contributed by atoms with van der Waals surface area (Å²) < 4.78 is 58.4. The van der Waals surface area contributed by atoms with E-state index in [-0.39, 0.29) is 35.8 Å². The van der Waals surface area contributed by atoms with E-state index >= 15 is 0 Å². The molecule has 3 heterocycles. The lowest BCUT2D eigenvalue weighted by molar-refractivity contribution is -0.170. The molecular weight excluding hydrogens is 474 g/mol. The van der Waals surface area contributed by atoms with Crippen molar-refractivity contribution in [2.45, 2.75) is 69.8 Å². The lowest BCUT2D eigenvalue weighted by Crippen LogP contribution is -2.58. The predicted molar refractivity (Wildman–Crippen MR) is 128 cm³/mol. The smallest absolute Gasteiger partial charge is 0.363 e. The van der Waals surface area contributed by atoms with Crippen LogP contribution in [0.3, 0.4) is 0 Å². The molecule has 1 N–H and O–H groups in total. The summed E-state index contributed by atoms with van der Waals surface area (Å²) >= 11 is 0. The van der Waals surface area contributed by atoms with Crippen LogP contribution in [0.25, 0.3) is 0 Å². The van der Waals surface area contributed by atoms with Crippen LogP contribution in [0.2, 0.25) is 0 Å². The Kier molecular flexibility index (Phi) is 7.99. The third kappa shape index (κ3) is 5.89. The van der Waals surface area contributed by atoms with E-state index in [0.717, 1.165) is 44.6 Å². The number of amides is 1. The number of piperidine rings is 1. The van der Waals surface area contributed by atoms with Crippen molar-refractivity contribution in [1.29, 1.82) is 0 Å². The summed E-state index contributed by atoms with van der Waals surface area (Å²) in [5, 5.41) is 2.78. The molecule has 196 valence electrons. The van der Waals surface area contributed by atoms with Crippen molar-refractivity contribution in [1.82, 2.24) is 15.2 Å². The summed E-state index contributed by atoms with van der Waals surface area (Å²) in [5.41, 5.74) is -0.400. The molecule has 9 heteroatoms. The quantitative estimate of drug-likeness (QED) is 0.539. The largest absolute Gasteiger partial charge is 0.417 e. The highest BCUT2D eigenvalue weighted by Gasteiger charge is 2.46. The van der Waals surface area contributed by atoms with Crippen LogP contribution in [0.1, 0.15) is 62.1 Å². The van der Waals surface area contributed by atoms with Crippen LogP contribution in [-0.4, -0.2) is 47.1 Å². The van der Waals surface area contributed by atoms with Crippen molar-refractivity contribution >= 4 is 5.91 Å². The van der Waals surface area contributed by atoms with Gasteiger partial charge in [-0.1, -0.05) is 26.0 Å². The van der Waals surface area contributed by atoms with Crippen LogP contribution in [-0.2, 0) is 22.3 Å². The van der Waals surface area contributed by atoms with E-state index in [0.29, 0.717) is 18.9 Å². The number of likely N-dealkylation sites (tertiary alicyclic amines) is 1. The van der Waals surface area contributed by atoms with Crippen LogP contribution >= 0.6 is 0 Å². The molecule has 5 nitrogen and oxygen atoms in total. The Morgan fingerprint density at radius 3 is 2.44 bits per heavy atom. The zero-order valence-corrected chi connectivity index (χ0v) is 20.7. The average Bonchev–Trinajstić information content (AvgIpc) is 2.87. The standard InChI is InChI=1S/C27H33F4N3O2/c1-18(2)26(25(35)33-15-19-13-22(16-32-14-19)27(29,30)31)10-7-24(17-36-26)34-11-8-21(9-12-34)20-3-5-23(28)6-4-20/h3-6,13-14,16,18,21,24H,7-12,15,17H2,1-2H3,(H,33,35)/t24-,26+/m0/s1. The summed E-state index contributed by atoms with van der Waals surface area (Å²) in [5.74, 6) is -0.206. The van der Waals surface area contributed by atoms with E-state index < -0.39 is 17.3 Å². The molecule has 0 spiro atoms. The predicted octanol–water partition coefficient (Wildman–Crippen LogP) is 5.31. The van der Waals surface area contributed by atoms with Crippen LogP contribution in [0.4, 0.5) is 17.6 Å². The van der Waals surface area contributed by atoms with Crippen molar-refractivity contribution in [3.05, 3.63) is 65.2 Å². The molecule has 0 aliphatic carbocycles. The molecule has 1 aromatic heterocycles. The summed E-state index contributed by atoms with van der Waals surface area (Å²) in [7, 11) is 0. The summed E-state index contributed by atoms with van der Waals surface area (Å²) in [6, 6.07) is 7.97. The van der Waals surface area contributed by atoms with E-state index in [9.17, 15) is 22.4 Å². The fraction of sp³-hybridized carbons (Fsp3) is 0.556. The van der Waals surface area contributed by atoms with Gasteiger partial charge in [-0.2, -0.15) is 13.2 Å². The van der Waals surface area contributed by atoms with Gasteiger partial charge in [0, 0.05) is 25.0 Å². The number of halogens is 4. The zero-order chi connectivity index (χ0) is 25.9. The maximum atomic E-state index is 13.2. The van der Waals surface area contributed by atoms with E-state index in [1.165, 1.54) is 23.9 Å². The van der Waals surface area contributed by atoms with Gasteiger partial charge in [0.15, 0.2) is 0 Å². The Labute approximate surface area is 209 Å². The lowest BCUT2D eigenvalue weighted by atomic mass is 9.80. The summed E-state index contributed by atoms with van der Waals surface area (Å²) in [6.07, 6.45) is 0.934. The molecule has 2 fully saturated rings. The van der Waals surface area contributed by atoms with E-state index in [1.807, 2.05) is 26.0 Å². The number of hydrogen-bond donors (Lipinski definition) is 1. The number of rotatable bonds is 6. The van der Waals surface area contributed by atoms with Crippen LogP contribution < -0.4 is 5.32 Å². The molecular formula is C27H33F4N3O2. The number of alkyl halides is 3. The molecule has 36 heavy (non-hydrogen) atoms. The van der Waals surface area contributed by atoms with Gasteiger partial charge in [-0.3, -0.25) is 14.7 Å². The lowest BCUT2D eigenvalue weighted by Gasteiger charge is -2.46. The van der Waals surface area contributed by atoms with E-state index in [4.69, 9.17) is 4.74 Å². The third-order valence-corrected chi connectivity index (χ3v) is 7.66. The molecule has 2 aliphatic heterocycles. The first-order chi connectivity index (χ1) is 17.1. The topological polar surface area (TPSA) is 54.5 Å². The van der Waals surface area contributed by atoms with Crippen molar-refractivity contribution in [3.8, 4) is 0 Å². The molecule has 0 bridgehead atoms. The molecule has 1 amide bonds. The molecule has 1 aromatic carbocycles. The SMILES string of the molecule is CC(C)[C@@]1(C(=O)NCc2cncc(C(F)(F)F)c2)CC[C@H](N2CCC(c3ccc(F)cc3)CC2)CO1. The van der Waals surface area contributed by atoms with E-state index in [2.05, 4.69) is 15.2 Å². The van der Waals surface area contributed by atoms with Crippen molar-refractivity contribution in [2.75, 3.05) is 19.7 Å². The number of ether oxygens (including phenoxy) is 1. The second-order valence-electron chi connectivity index (χ2n) is 10.2. The van der Waals surface area contributed by atoms with Gasteiger partial charge in [0.25, 0.3) is 5.91 Å². The molecule has 2 atom stereocenters. The first-order valence-corrected chi connectivity index (χ1v) is 12.5. The maximum Gasteiger partial charge on any atom is 0.417 e. The maximum absolute atomic E-state index is 13.2. The van der Waals surface area contributed by atoms with Crippen LogP contribution in [0.15, 0.2) is 42.7 Å². The highest BCUT2D eigenvalue weighted by atomic mass is 19.4. The number of nitrogens with zero attached hydrogens (tertiary/aromatic N) is 2. The second-order valence-corrected chi connectivity index (χ2v) is 10.2. The van der Waals surface area contributed by atoms with Gasteiger partial charge in [-0.05, 0) is 79.9 Å². The normalized spacial score (nSPS) is 24.1. The van der Waals surface area contributed by atoms with Gasteiger partial charge in [-0.25, -0.2) is 4.39 Å². The molecule has 2 aromatic rings. The fourth-order valence-corrected chi connectivity index (χ4v) is 5.37. The number of hydrogen-bond acceptors (Lipinski definition) is 4.